The number of anilines is 1. The molecule has 22 heavy (non-hydrogen) atoms. The standard InChI is InChI=1S/C17H25N3O2/c1-17(2,3)20-16(22)12-6-8-14(9-7-12)19-15(21)13-5-4-10-18-11-13/h6-9,13,18H,4-5,10-11H2,1-3H3,(H,19,21)(H,20,22)/t13-/m1/s1. The molecule has 5 heteroatoms. The van der Waals surface area contributed by atoms with E-state index in [1.807, 2.05) is 20.8 Å². The van der Waals surface area contributed by atoms with Gasteiger partial charge in [0.1, 0.15) is 0 Å². The van der Waals surface area contributed by atoms with Crippen LogP contribution in [-0.2, 0) is 4.79 Å². The Bertz CT molecular complexity index is 526. The van der Waals surface area contributed by atoms with Crippen molar-refractivity contribution in [2.24, 2.45) is 5.92 Å². The minimum absolute atomic E-state index is 0.0256. The maximum atomic E-state index is 12.1. The van der Waals surface area contributed by atoms with Crippen LogP contribution < -0.4 is 16.0 Å². The number of carbonyl (C=O) groups excluding carboxylic acids is 2. The summed E-state index contributed by atoms with van der Waals surface area (Å²) >= 11 is 0. The summed E-state index contributed by atoms with van der Waals surface area (Å²) in [6, 6.07) is 7.00. The van der Waals surface area contributed by atoms with Gasteiger partial charge in [0.25, 0.3) is 5.91 Å². The molecule has 120 valence electrons. The number of amides is 2. The first kappa shape index (κ1) is 16.5. The summed E-state index contributed by atoms with van der Waals surface area (Å²) < 4.78 is 0. The number of benzene rings is 1. The van der Waals surface area contributed by atoms with Crippen LogP contribution in [0.25, 0.3) is 0 Å². The SMILES string of the molecule is CC(C)(C)NC(=O)c1ccc(NC(=O)[C@@H]2CCCNC2)cc1. The predicted molar refractivity (Wildman–Crippen MR) is 87.9 cm³/mol. The van der Waals surface area contributed by atoms with Crippen molar-refractivity contribution in [3.05, 3.63) is 29.8 Å². The van der Waals surface area contributed by atoms with Gasteiger partial charge in [-0.05, 0) is 64.4 Å². The van der Waals surface area contributed by atoms with Crippen molar-refractivity contribution in [1.29, 1.82) is 0 Å². The number of rotatable bonds is 3. The van der Waals surface area contributed by atoms with E-state index in [9.17, 15) is 9.59 Å². The first-order valence-corrected chi connectivity index (χ1v) is 7.79. The maximum Gasteiger partial charge on any atom is 0.251 e. The van der Waals surface area contributed by atoms with E-state index >= 15 is 0 Å². The van der Waals surface area contributed by atoms with Gasteiger partial charge in [-0.15, -0.1) is 0 Å². The average molecular weight is 303 g/mol. The molecular formula is C17H25N3O2. The van der Waals surface area contributed by atoms with Crippen molar-refractivity contribution in [1.82, 2.24) is 10.6 Å². The molecule has 0 spiro atoms. The number of hydrogen-bond donors (Lipinski definition) is 3. The smallest absolute Gasteiger partial charge is 0.251 e. The summed E-state index contributed by atoms with van der Waals surface area (Å²) in [5.74, 6) is -0.0430. The molecule has 5 nitrogen and oxygen atoms in total. The van der Waals surface area contributed by atoms with E-state index in [2.05, 4.69) is 16.0 Å². The van der Waals surface area contributed by atoms with E-state index in [-0.39, 0.29) is 23.3 Å². The summed E-state index contributed by atoms with van der Waals surface area (Å²) in [7, 11) is 0. The second-order valence-electron chi connectivity index (χ2n) is 6.81. The highest BCUT2D eigenvalue weighted by Crippen LogP contribution is 2.15. The van der Waals surface area contributed by atoms with E-state index in [0.717, 1.165) is 31.6 Å². The molecule has 1 aromatic rings. The van der Waals surface area contributed by atoms with Crippen LogP contribution in [0.4, 0.5) is 5.69 Å². The molecule has 3 N–H and O–H groups in total. The minimum atomic E-state index is -0.266. The van der Waals surface area contributed by atoms with E-state index in [0.29, 0.717) is 5.56 Å². The highest BCUT2D eigenvalue weighted by atomic mass is 16.2. The second-order valence-corrected chi connectivity index (χ2v) is 6.81. The summed E-state index contributed by atoms with van der Waals surface area (Å²) in [5.41, 5.74) is 1.05. The van der Waals surface area contributed by atoms with Crippen LogP contribution in [0.2, 0.25) is 0 Å². The summed E-state index contributed by atoms with van der Waals surface area (Å²) in [6.07, 6.45) is 1.95. The maximum absolute atomic E-state index is 12.1. The molecule has 2 amide bonds. The molecule has 1 aliphatic rings. The van der Waals surface area contributed by atoms with Crippen LogP contribution >= 0.6 is 0 Å². The molecule has 0 saturated carbocycles. The van der Waals surface area contributed by atoms with E-state index < -0.39 is 0 Å². The summed E-state index contributed by atoms with van der Waals surface area (Å²) in [4.78, 5) is 24.2. The molecule has 0 bridgehead atoms. The lowest BCUT2D eigenvalue weighted by molar-refractivity contribution is -0.120. The highest BCUT2D eigenvalue weighted by Gasteiger charge is 2.21. The molecule has 1 aliphatic heterocycles. The fourth-order valence-electron chi connectivity index (χ4n) is 2.44. The van der Waals surface area contributed by atoms with E-state index in [1.165, 1.54) is 0 Å². The molecular weight excluding hydrogens is 278 g/mol. The van der Waals surface area contributed by atoms with Crippen molar-refractivity contribution in [3.63, 3.8) is 0 Å². The highest BCUT2D eigenvalue weighted by molar-refractivity contribution is 5.96. The van der Waals surface area contributed by atoms with Crippen LogP contribution in [-0.4, -0.2) is 30.4 Å². The zero-order chi connectivity index (χ0) is 16.2. The second kappa shape index (κ2) is 6.92. The molecule has 0 aromatic heterocycles. The third-order valence-corrected chi connectivity index (χ3v) is 3.57. The van der Waals surface area contributed by atoms with Gasteiger partial charge in [-0.2, -0.15) is 0 Å². The first-order valence-electron chi connectivity index (χ1n) is 7.79. The molecule has 0 unspecified atom stereocenters. The zero-order valence-corrected chi connectivity index (χ0v) is 13.5. The van der Waals surface area contributed by atoms with Crippen LogP contribution in [0.15, 0.2) is 24.3 Å². The van der Waals surface area contributed by atoms with Crippen molar-refractivity contribution >= 4 is 17.5 Å². The normalized spacial score (nSPS) is 18.6. The average Bonchev–Trinajstić information content (AvgIpc) is 2.47. The largest absolute Gasteiger partial charge is 0.347 e. The van der Waals surface area contributed by atoms with Gasteiger partial charge in [-0.3, -0.25) is 9.59 Å². The van der Waals surface area contributed by atoms with Crippen LogP contribution in [0.1, 0.15) is 44.0 Å². The molecule has 1 atom stereocenters. The van der Waals surface area contributed by atoms with Gasteiger partial charge in [-0.25, -0.2) is 0 Å². The molecule has 1 fully saturated rings. The molecule has 2 rings (SSSR count). The number of carbonyl (C=O) groups is 2. The lowest BCUT2D eigenvalue weighted by atomic mass is 9.99. The van der Waals surface area contributed by atoms with Crippen molar-refractivity contribution in [2.45, 2.75) is 39.2 Å². The van der Waals surface area contributed by atoms with Gasteiger partial charge in [0.15, 0.2) is 0 Å². The van der Waals surface area contributed by atoms with Gasteiger partial charge < -0.3 is 16.0 Å². The Hall–Kier alpha value is -1.88. The first-order chi connectivity index (χ1) is 10.3. The fourth-order valence-corrected chi connectivity index (χ4v) is 2.44. The molecule has 1 aromatic carbocycles. The molecule has 1 saturated heterocycles. The number of nitrogens with one attached hydrogen (secondary N) is 3. The van der Waals surface area contributed by atoms with E-state index in [4.69, 9.17) is 0 Å². The van der Waals surface area contributed by atoms with Crippen LogP contribution in [0.3, 0.4) is 0 Å². The van der Waals surface area contributed by atoms with Crippen LogP contribution in [0.5, 0.6) is 0 Å². The topological polar surface area (TPSA) is 70.2 Å². The Kier molecular flexibility index (Phi) is 5.19. The van der Waals surface area contributed by atoms with Gasteiger partial charge in [0, 0.05) is 23.3 Å². The van der Waals surface area contributed by atoms with Gasteiger partial charge in [-0.1, -0.05) is 0 Å². The number of hydrogen-bond acceptors (Lipinski definition) is 3. The van der Waals surface area contributed by atoms with Crippen molar-refractivity contribution in [3.8, 4) is 0 Å². The Morgan fingerprint density at radius 3 is 2.41 bits per heavy atom. The van der Waals surface area contributed by atoms with Gasteiger partial charge in [0.2, 0.25) is 5.91 Å². The minimum Gasteiger partial charge on any atom is -0.347 e. The van der Waals surface area contributed by atoms with Crippen molar-refractivity contribution < 1.29 is 9.59 Å². The fraction of sp³-hybridized carbons (Fsp3) is 0.529. The Morgan fingerprint density at radius 2 is 1.86 bits per heavy atom. The lowest BCUT2D eigenvalue weighted by Crippen LogP contribution is -2.40. The third-order valence-electron chi connectivity index (χ3n) is 3.57. The summed E-state index contributed by atoms with van der Waals surface area (Å²) in [6.45, 7) is 7.55. The molecule has 0 radical (unpaired) electrons. The van der Waals surface area contributed by atoms with E-state index in [1.54, 1.807) is 24.3 Å². The lowest BCUT2D eigenvalue weighted by Gasteiger charge is -2.22. The van der Waals surface area contributed by atoms with Crippen LogP contribution in [0, 0.1) is 5.92 Å². The third kappa shape index (κ3) is 4.84. The zero-order valence-electron chi connectivity index (χ0n) is 13.5. The Morgan fingerprint density at radius 1 is 1.18 bits per heavy atom. The number of piperidine rings is 1. The molecule has 1 heterocycles. The predicted octanol–water partition coefficient (Wildman–Crippen LogP) is 2.15. The van der Waals surface area contributed by atoms with Gasteiger partial charge >= 0.3 is 0 Å². The van der Waals surface area contributed by atoms with Crippen molar-refractivity contribution in [2.75, 3.05) is 18.4 Å². The van der Waals surface area contributed by atoms with Gasteiger partial charge in [0.05, 0.1) is 5.92 Å². The summed E-state index contributed by atoms with van der Waals surface area (Å²) in [5, 5.41) is 9.06. The quantitative estimate of drug-likeness (QED) is 0.801. The monoisotopic (exact) mass is 303 g/mol. The molecule has 0 aliphatic carbocycles. The Labute approximate surface area is 131 Å². The Balaban J connectivity index is 1.94.